The molecule has 2 saturated heterocycles. The first-order valence-corrected chi connectivity index (χ1v) is 10.7. The molecule has 0 radical (unpaired) electrons. The molecule has 2 aliphatic rings. The Kier molecular flexibility index (Phi) is 5.34. The minimum Gasteiger partial charge on any atom is -0.339 e. The van der Waals surface area contributed by atoms with Crippen LogP contribution in [0.3, 0.4) is 0 Å². The van der Waals surface area contributed by atoms with Crippen molar-refractivity contribution in [3.05, 3.63) is 29.8 Å². The summed E-state index contributed by atoms with van der Waals surface area (Å²) < 4.78 is 26.7. The molecule has 0 saturated carbocycles. The lowest BCUT2D eigenvalue weighted by molar-refractivity contribution is 0.0609. The van der Waals surface area contributed by atoms with Crippen molar-refractivity contribution in [2.75, 3.05) is 36.7 Å². The highest BCUT2D eigenvalue weighted by molar-refractivity contribution is 7.92. The monoisotopic (exact) mass is 365 g/mol. The lowest BCUT2D eigenvalue weighted by Gasteiger charge is -2.39. The molecule has 25 heavy (non-hydrogen) atoms. The molecule has 0 aromatic heterocycles. The third-order valence-electron chi connectivity index (χ3n) is 5.34. The topological polar surface area (TPSA) is 78.5 Å². The lowest BCUT2D eigenvalue weighted by atomic mass is 9.78. The van der Waals surface area contributed by atoms with Gasteiger partial charge in [0.1, 0.15) is 0 Å². The van der Waals surface area contributed by atoms with E-state index in [1.165, 1.54) is 6.42 Å². The zero-order valence-corrected chi connectivity index (χ0v) is 15.6. The van der Waals surface area contributed by atoms with Crippen LogP contribution in [0.1, 0.15) is 43.0 Å². The lowest BCUT2D eigenvalue weighted by Crippen LogP contribution is -2.44. The highest BCUT2D eigenvalue weighted by Gasteiger charge is 2.38. The van der Waals surface area contributed by atoms with Crippen molar-refractivity contribution in [2.45, 2.75) is 32.6 Å². The number of sulfonamides is 1. The predicted molar refractivity (Wildman–Crippen MR) is 99.2 cm³/mol. The van der Waals surface area contributed by atoms with E-state index in [9.17, 15) is 13.2 Å². The number of likely N-dealkylation sites (tertiary alicyclic amines) is 1. The molecule has 0 bridgehead atoms. The van der Waals surface area contributed by atoms with Crippen LogP contribution in [0.15, 0.2) is 24.3 Å². The molecule has 2 N–H and O–H groups in total. The van der Waals surface area contributed by atoms with Gasteiger partial charge in [0.15, 0.2) is 0 Å². The van der Waals surface area contributed by atoms with E-state index >= 15 is 0 Å². The van der Waals surface area contributed by atoms with Gasteiger partial charge < -0.3 is 10.2 Å². The van der Waals surface area contributed by atoms with Crippen LogP contribution in [0, 0.1) is 5.41 Å². The fourth-order valence-corrected chi connectivity index (χ4v) is 4.98. The summed E-state index contributed by atoms with van der Waals surface area (Å²) in [6, 6.07) is 6.88. The average Bonchev–Trinajstić information content (AvgIpc) is 3.03. The highest BCUT2D eigenvalue weighted by Crippen LogP contribution is 2.37. The molecule has 1 amide bonds. The molecule has 2 aliphatic heterocycles. The van der Waals surface area contributed by atoms with Crippen LogP contribution in [0.5, 0.6) is 0 Å². The minimum absolute atomic E-state index is 0.0504. The second kappa shape index (κ2) is 7.33. The van der Waals surface area contributed by atoms with Gasteiger partial charge in [-0.05, 0) is 49.8 Å². The normalized spacial score (nSPS) is 20.0. The van der Waals surface area contributed by atoms with Crippen LogP contribution >= 0.6 is 0 Å². The number of nitrogens with zero attached hydrogens (tertiary/aromatic N) is 1. The highest BCUT2D eigenvalue weighted by atomic mass is 32.2. The maximum Gasteiger partial charge on any atom is 0.255 e. The maximum absolute atomic E-state index is 12.9. The summed E-state index contributed by atoms with van der Waals surface area (Å²) >= 11 is 0. The first kappa shape index (κ1) is 18.2. The van der Waals surface area contributed by atoms with Gasteiger partial charge in [-0.1, -0.05) is 19.1 Å². The van der Waals surface area contributed by atoms with Crippen molar-refractivity contribution in [1.29, 1.82) is 0 Å². The molecule has 7 heteroatoms. The molecule has 6 nitrogen and oxygen atoms in total. The average molecular weight is 365 g/mol. The molecular weight excluding hydrogens is 338 g/mol. The second-order valence-electron chi connectivity index (χ2n) is 7.19. The third kappa shape index (κ3) is 4.15. The van der Waals surface area contributed by atoms with Crippen molar-refractivity contribution in [3.8, 4) is 0 Å². The van der Waals surface area contributed by atoms with E-state index in [0.29, 0.717) is 23.1 Å². The van der Waals surface area contributed by atoms with Gasteiger partial charge in [-0.25, -0.2) is 8.42 Å². The Morgan fingerprint density at radius 1 is 1.24 bits per heavy atom. The van der Waals surface area contributed by atoms with Gasteiger partial charge in [-0.2, -0.15) is 0 Å². The van der Waals surface area contributed by atoms with E-state index in [-0.39, 0.29) is 11.7 Å². The fraction of sp³-hybridized carbons (Fsp3) is 0.611. The summed E-state index contributed by atoms with van der Waals surface area (Å²) in [6.45, 7) is 5.39. The number of para-hydroxylation sites is 1. The number of benzene rings is 1. The zero-order valence-electron chi connectivity index (χ0n) is 14.8. The summed E-state index contributed by atoms with van der Waals surface area (Å²) in [5.41, 5.74) is 1.16. The molecule has 2 heterocycles. The number of hydrogen-bond acceptors (Lipinski definition) is 4. The number of rotatable bonds is 5. The smallest absolute Gasteiger partial charge is 0.255 e. The summed E-state index contributed by atoms with van der Waals surface area (Å²) in [6.07, 6.45) is 3.74. The van der Waals surface area contributed by atoms with E-state index in [1.54, 1.807) is 24.3 Å². The van der Waals surface area contributed by atoms with Crippen LogP contribution in [-0.4, -0.2) is 51.2 Å². The summed E-state index contributed by atoms with van der Waals surface area (Å²) in [5, 5.41) is 3.43. The molecule has 0 aliphatic carbocycles. The minimum atomic E-state index is -3.42. The molecule has 2 fully saturated rings. The van der Waals surface area contributed by atoms with Gasteiger partial charge in [-0.15, -0.1) is 0 Å². The van der Waals surface area contributed by atoms with E-state index in [1.807, 2.05) is 11.8 Å². The SMILES string of the molecule is CCCS(=O)(=O)Nc1ccccc1C(=O)N1CCC2(CCNC2)CC1. The third-order valence-corrected chi connectivity index (χ3v) is 6.82. The number of nitrogens with one attached hydrogen (secondary N) is 2. The van der Waals surface area contributed by atoms with Crippen molar-refractivity contribution in [2.24, 2.45) is 5.41 Å². The number of anilines is 1. The number of amides is 1. The molecule has 138 valence electrons. The molecule has 0 unspecified atom stereocenters. The Morgan fingerprint density at radius 3 is 2.60 bits per heavy atom. The predicted octanol–water partition coefficient (Wildman–Crippen LogP) is 2.05. The molecule has 0 atom stereocenters. The van der Waals surface area contributed by atoms with Crippen molar-refractivity contribution in [3.63, 3.8) is 0 Å². The molecule has 1 spiro atoms. The van der Waals surface area contributed by atoms with E-state index < -0.39 is 10.0 Å². The number of carbonyl (C=O) groups is 1. The summed E-state index contributed by atoms with van der Waals surface area (Å²) in [5.74, 6) is -0.0370. The van der Waals surface area contributed by atoms with Crippen LogP contribution in [0.2, 0.25) is 0 Å². The first-order chi connectivity index (χ1) is 11.9. The summed E-state index contributed by atoms with van der Waals surface area (Å²) in [7, 11) is -3.42. The van der Waals surface area contributed by atoms with E-state index in [2.05, 4.69) is 10.0 Å². The number of hydrogen-bond donors (Lipinski definition) is 2. The van der Waals surface area contributed by atoms with Gasteiger partial charge in [0.25, 0.3) is 5.91 Å². The van der Waals surface area contributed by atoms with Crippen molar-refractivity contribution < 1.29 is 13.2 Å². The zero-order chi connectivity index (χ0) is 17.9. The van der Waals surface area contributed by atoms with Gasteiger partial charge >= 0.3 is 0 Å². The summed E-state index contributed by atoms with van der Waals surface area (Å²) in [4.78, 5) is 14.8. The van der Waals surface area contributed by atoms with Crippen molar-refractivity contribution in [1.82, 2.24) is 10.2 Å². The van der Waals surface area contributed by atoms with Crippen molar-refractivity contribution >= 4 is 21.6 Å². The first-order valence-electron chi connectivity index (χ1n) is 9.04. The molecule has 1 aromatic carbocycles. The molecule has 1 aromatic rings. The van der Waals surface area contributed by atoms with E-state index in [4.69, 9.17) is 0 Å². The molecular formula is C18H27N3O3S. The Bertz CT molecular complexity index is 717. The Hall–Kier alpha value is -1.60. The van der Waals surface area contributed by atoms with Gasteiger partial charge in [0.05, 0.1) is 17.0 Å². The standard InChI is InChI=1S/C18H27N3O3S/c1-2-13-25(23,24)20-16-6-4-3-5-15(16)17(22)21-11-8-18(9-12-21)7-10-19-14-18/h3-6,19-20H,2,7-14H2,1H3. The Labute approximate surface area is 150 Å². The fourth-order valence-electron chi connectivity index (χ4n) is 3.82. The largest absolute Gasteiger partial charge is 0.339 e. The number of carbonyl (C=O) groups excluding carboxylic acids is 1. The maximum atomic E-state index is 12.9. The second-order valence-corrected chi connectivity index (χ2v) is 9.03. The molecule has 3 rings (SSSR count). The van der Waals surface area contributed by atoms with Gasteiger partial charge in [0, 0.05) is 19.6 Å². The van der Waals surface area contributed by atoms with Crippen LogP contribution in [0.4, 0.5) is 5.69 Å². The Balaban J connectivity index is 1.72. The van der Waals surface area contributed by atoms with Crippen LogP contribution in [0.25, 0.3) is 0 Å². The van der Waals surface area contributed by atoms with Gasteiger partial charge in [-0.3, -0.25) is 9.52 Å². The Morgan fingerprint density at radius 2 is 1.96 bits per heavy atom. The van der Waals surface area contributed by atoms with E-state index in [0.717, 1.165) is 39.0 Å². The van der Waals surface area contributed by atoms with Crippen LogP contribution in [-0.2, 0) is 10.0 Å². The van der Waals surface area contributed by atoms with Crippen LogP contribution < -0.4 is 10.0 Å². The number of piperidine rings is 1. The quantitative estimate of drug-likeness (QED) is 0.837. The van der Waals surface area contributed by atoms with Gasteiger partial charge in [0.2, 0.25) is 10.0 Å².